The average Bonchev–Trinajstić information content (AvgIpc) is 3.68. The average molecular weight is 655 g/mol. The largest absolute Gasteiger partial charge is 0.490 e. The number of likely N-dealkylation sites (tertiary alicyclic amines) is 1. The predicted octanol–water partition coefficient (Wildman–Crippen LogP) is 6.09. The Morgan fingerprint density at radius 2 is 1.90 bits per heavy atom. The Labute approximate surface area is 276 Å². The van der Waals surface area contributed by atoms with Gasteiger partial charge in [-0.1, -0.05) is 12.1 Å². The summed E-state index contributed by atoms with van der Waals surface area (Å²) >= 11 is 0. The fraction of sp³-hybridized carbons (Fsp3) is 0.333. The van der Waals surface area contributed by atoms with E-state index in [1.807, 2.05) is 52.5 Å². The fourth-order valence-electron chi connectivity index (χ4n) is 6.04. The van der Waals surface area contributed by atoms with Crippen LogP contribution in [0.3, 0.4) is 0 Å². The van der Waals surface area contributed by atoms with E-state index < -0.39 is 17.6 Å². The summed E-state index contributed by atoms with van der Waals surface area (Å²) in [7, 11) is 0. The Bertz CT molecular complexity index is 1960. The van der Waals surface area contributed by atoms with Crippen LogP contribution in [0.5, 0.6) is 11.5 Å². The first-order valence-electron chi connectivity index (χ1n) is 16.0. The molecule has 0 unspecified atom stereocenters. The van der Waals surface area contributed by atoms with E-state index in [0.29, 0.717) is 29.9 Å². The standard InChI is InChI=1S/C36H36F2N6O4/c1-2-43-23-40-19-27(43)20-44-32-17-24(7-9-35(45)46)15-31(38)36(32)41-34(44)21-42-12-10-28(11-13-42)48-29-5-3-4-26(14-29)22-47-33-8-6-25(18-39)16-30(33)37/h3-6,8,14-17,19,23,28H,2,7,9-13,20-22H2,1H3,(H,45,46). The lowest BCUT2D eigenvalue weighted by Crippen LogP contribution is -2.38. The molecule has 6 rings (SSSR count). The molecular formula is C36H36F2N6O4. The number of piperidine rings is 1. The van der Waals surface area contributed by atoms with Crippen molar-refractivity contribution in [2.24, 2.45) is 0 Å². The first-order chi connectivity index (χ1) is 23.3. The summed E-state index contributed by atoms with van der Waals surface area (Å²) in [5.74, 6) is -0.450. The minimum atomic E-state index is -0.929. The van der Waals surface area contributed by atoms with Crippen LogP contribution in [0.2, 0.25) is 0 Å². The SMILES string of the molecule is CCn1cncc1Cn1c(CN2CCC(Oc3cccc(COc4ccc(C#N)cc4F)c3)CC2)nc2c(F)cc(CCC(=O)O)cc21. The van der Waals surface area contributed by atoms with Crippen LogP contribution in [0.1, 0.15) is 54.4 Å². The molecule has 0 saturated carbocycles. The Morgan fingerprint density at radius 1 is 1.06 bits per heavy atom. The van der Waals surface area contributed by atoms with Gasteiger partial charge in [-0.2, -0.15) is 5.26 Å². The number of halogens is 2. The van der Waals surface area contributed by atoms with E-state index in [2.05, 4.69) is 9.88 Å². The van der Waals surface area contributed by atoms with Crippen LogP contribution < -0.4 is 9.47 Å². The fourth-order valence-corrected chi connectivity index (χ4v) is 6.04. The third kappa shape index (κ3) is 7.64. The number of rotatable bonds is 13. The minimum absolute atomic E-state index is 0.000324. The van der Waals surface area contributed by atoms with Crippen LogP contribution in [-0.4, -0.2) is 54.3 Å². The van der Waals surface area contributed by atoms with E-state index in [4.69, 9.17) is 24.8 Å². The number of carbonyl (C=O) groups is 1. The van der Waals surface area contributed by atoms with E-state index in [0.717, 1.165) is 55.6 Å². The third-order valence-corrected chi connectivity index (χ3v) is 8.59. The van der Waals surface area contributed by atoms with Crippen molar-refractivity contribution < 1.29 is 28.2 Å². The molecule has 1 saturated heterocycles. The number of benzene rings is 3. The van der Waals surface area contributed by atoms with Crippen molar-refractivity contribution in [3.8, 4) is 17.6 Å². The smallest absolute Gasteiger partial charge is 0.303 e. The normalized spacial score (nSPS) is 13.9. The van der Waals surface area contributed by atoms with Crippen molar-refractivity contribution in [2.45, 2.75) is 65.0 Å². The number of nitriles is 1. The molecule has 0 bridgehead atoms. The number of ether oxygens (including phenoxy) is 2. The van der Waals surface area contributed by atoms with Crippen molar-refractivity contribution in [1.82, 2.24) is 24.0 Å². The van der Waals surface area contributed by atoms with Crippen molar-refractivity contribution in [2.75, 3.05) is 13.1 Å². The van der Waals surface area contributed by atoms with E-state index in [9.17, 15) is 9.18 Å². The van der Waals surface area contributed by atoms with Crippen LogP contribution in [-0.2, 0) is 37.5 Å². The number of carboxylic acids is 1. The van der Waals surface area contributed by atoms with Crippen LogP contribution in [0.15, 0.2) is 67.1 Å². The highest BCUT2D eigenvalue weighted by Crippen LogP contribution is 2.27. The topological polar surface area (TPSA) is 118 Å². The molecule has 0 aliphatic carbocycles. The molecule has 1 aliphatic rings. The molecule has 48 heavy (non-hydrogen) atoms. The highest BCUT2D eigenvalue weighted by atomic mass is 19.1. The number of aryl methyl sites for hydroxylation is 2. The van der Waals surface area contributed by atoms with Gasteiger partial charge >= 0.3 is 5.97 Å². The first-order valence-corrected chi connectivity index (χ1v) is 16.0. The molecule has 10 nitrogen and oxygen atoms in total. The number of hydrogen-bond acceptors (Lipinski definition) is 7. The number of aromatic nitrogens is 4. The Hall–Kier alpha value is -5.28. The van der Waals surface area contributed by atoms with Gasteiger partial charge in [-0.3, -0.25) is 9.69 Å². The Balaban J connectivity index is 1.11. The van der Waals surface area contributed by atoms with Crippen LogP contribution in [0.25, 0.3) is 11.0 Å². The maximum Gasteiger partial charge on any atom is 0.303 e. The molecule has 1 N–H and O–H groups in total. The van der Waals surface area contributed by atoms with Crippen molar-refractivity contribution in [3.63, 3.8) is 0 Å². The van der Waals surface area contributed by atoms with E-state index >= 15 is 4.39 Å². The van der Waals surface area contributed by atoms with Crippen LogP contribution in [0, 0.1) is 23.0 Å². The van der Waals surface area contributed by atoms with Gasteiger partial charge in [0.05, 0.1) is 42.3 Å². The second-order valence-electron chi connectivity index (χ2n) is 11.9. The van der Waals surface area contributed by atoms with E-state index in [1.165, 1.54) is 18.2 Å². The highest BCUT2D eigenvalue weighted by molar-refractivity contribution is 5.78. The molecule has 12 heteroatoms. The zero-order valence-corrected chi connectivity index (χ0v) is 26.6. The van der Waals surface area contributed by atoms with Gasteiger partial charge in [0, 0.05) is 32.3 Å². The second kappa shape index (κ2) is 14.6. The van der Waals surface area contributed by atoms with Gasteiger partial charge in [-0.25, -0.2) is 18.7 Å². The minimum Gasteiger partial charge on any atom is -0.490 e. The van der Waals surface area contributed by atoms with E-state index in [1.54, 1.807) is 12.5 Å². The highest BCUT2D eigenvalue weighted by Gasteiger charge is 2.24. The molecule has 5 aromatic rings. The quantitative estimate of drug-likeness (QED) is 0.162. The number of fused-ring (bicyclic) bond motifs is 1. The summed E-state index contributed by atoms with van der Waals surface area (Å²) in [6.07, 6.45) is 5.30. The number of carboxylic acid groups (broad SMARTS) is 1. The number of aliphatic carboxylic acids is 1. The molecular weight excluding hydrogens is 618 g/mol. The molecule has 3 aromatic carbocycles. The molecule has 2 aromatic heterocycles. The number of nitrogens with zero attached hydrogens (tertiary/aromatic N) is 6. The number of imidazole rings is 2. The molecule has 0 radical (unpaired) electrons. The molecule has 1 fully saturated rings. The first kappa shape index (κ1) is 32.7. The lowest BCUT2D eigenvalue weighted by atomic mass is 10.1. The number of hydrogen-bond donors (Lipinski definition) is 1. The molecule has 3 heterocycles. The monoisotopic (exact) mass is 654 g/mol. The summed E-state index contributed by atoms with van der Waals surface area (Å²) in [4.78, 5) is 22.5. The summed E-state index contributed by atoms with van der Waals surface area (Å²) in [6.45, 7) is 5.43. The van der Waals surface area contributed by atoms with Gasteiger partial charge in [0.1, 0.15) is 29.8 Å². The molecule has 0 atom stereocenters. The van der Waals surface area contributed by atoms with Gasteiger partial charge in [0.15, 0.2) is 17.4 Å². The zero-order chi connectivity index (χ0) is 33.6. The lowest BCUT2D eigenvalue weighted by molar-refractivity contribution is -0.136. The predicted molar refractivity (Wildman–Crippen MR) is 173 cm³/mol. The van der Waals surface area contributed by atoms with Gasteiger partial charge in [0.25, 0.3) is 0 Å². The lowest BCUT2D eigenvalue weighted by Gasteiger charge is -2.32. The van der Waals surface area contributed by atoms with Gasteiger partial charge in [-0.15, -0.1) is 0 Å². The van der Waals surface area contributed by atoms with Crippen LogP contribution >= 0.6 is 0 Å². The van der Waals surface area contributed by atoms with Gasteiger partial charge < -0.3 is 23.7 Å². The molecule has 248 valence electrons. The van der Waals surface area contributed by atoms with Crippen molar-refractivity contribution >= 4 is 17.0 Å². The summed E-state index contributed by atoms with van der Waals surface area (Å²) in [5.41, 5.74) is 3.56. The zero-order valence-electron chi connectivity index (χ0n) is 26.6. The van der Waals surface area contributed by atoms with Gasteiger partial charge in [0.2, 0.25) is 0 Å². The third-order valence-electron chi connectivity index (χ3n) is 8.59. The summed E-state index contributed by atoms with van der Waals surface area (Å²) in [5, 5.41) is 18.1. The maximum absolute atomic E-state index is 15.3. The van der Waals surface area contributed by atoms with Crippen molar-refractivity contribution in [3.05, 3.63) is 107 Å². The Kier molecular flexibility index (Phi) is 9.96. The van der Waals surface area contributed by atoms with Crippen molar-refractivity contribution in [1.29, 1.82) is 5.26 Å². The van der Waals surface area contributed by atoms with Crippen LogP contribution in [0.4, 0.5) is 8.78 Å². The molecule has 1 aliphatic heterocycles. The summed E-state index contributed by atoms with van der Waals surface area (Å²) in [6, 6.07) is 16.8. The Morgan fingerprint density at radius 3 is 2.65 bits per heavy atom. The van der Waals surface area contributed by atoms with E-state index in [-0.39, 0.29) is 42.4 Å². The maximum atomic E-state index is 15.3. The summed E-state index contributed by atoms with van der Waals surface area (Å²) < 4.78 is 45.6. The molecule has 0 spiro atoms. The van der Waals surface area contributed by atoms with Gasteiger partial charge in [-0.05, 0) is 79.8 Å². The second-order valence-corrected chi connectivity index (χ2v) is 11.9. The molecule has 0 amide bonds.